The van der Waals surface area contributed by atoms with Crippen LogP contribution in [0.4, 0.5) is 0 Å². The third kappa shape index (κ3) is 67.3. The Morgan fingerprint density at radius 2 is 0.481 bits per heavy atom. The number of ether oxygens (including phenoxy) is 3. The lowest BCUT2D eigenvalue weighted by Gasteiger charge is -2.18. The Morgan fingerprint density at radius 3 is 0.778 bits per heavy atom. The van der Waals surface area contributed by atoms with Gasteiger partial charge in [-0.1, -0.05) is 305 Å². The standard InChI is InChI=1S/C75H132O6/c1-4-7-10-13-16-19-22-25-28-30-31-32-33-34-35-36-37-38-39-40-41-42-43-44-45-46-48-50-53-56-59-62-65-68-74(77)80-71-72(70-79-73(76)67-64-61-58-55-52-49-27-24-21-18-15-12-9-6-3)81-75(78)69-66-63-60-57-54-51-47-29-26-23-20-17-14-11-8-5-2/h7,10,16,19-20,23-25,27-29,31-32,47,72H,4-6,8-9,11-15,17-18,21-22,26,30,33-46,48-71H2,1-3H3/b10-7-,19-16-,23-20-,27-24-,28-25-,32-31-,47-29-. The number of hydrogen-bond acceptors (Lipinski definition) is 6. The van der Waals surface area contributed by atoms with Gasteiger partial charge >= 0.3 is 17.9 Å². The van der Waals surface area contributed by atoms with E-state index in [0.717, 1.165) is 116 Å². The maximum absolute atomic E-state index is 12.9. The number of esters is 3. The Hall–Kier alpha value is -3.41. The van der Waals surface area contributed by atoms with Crippen molar-refractivity contribution in [2.75, 3.05) is 13.2 Å². The summed E-state index contributed by atoms with van der Waals surface area (Å²) < 4.78 is 16.9. The quantitative estimate of drug-likeness (QED) is 0.0261. The molecule has 0 aliphatic carbocycles. The first-order chi connectivity index (χ1) is 40.0. The third-order valence-corrected chi connectivity index (χ3v) is 15.4. The molecule has 0 fully saturated rings. The molecule has 0 aliphatic rings. The van der Waals surface area contributed by atoms with Crippen LogP contribution in [0.25, 0.3) is 0 Å². The second-order valence-corrected chi connectivity index (χ2v) is 23.4. The zero-order valence-electron chi connectivity index (χ0n) is 53.8. The lowest BCUT2D eigenvalue weighted by atomic mass is 10.0. The molecule has 0 bridgehead atoms. The van der Waals surface area contributed by atoms with Gasteiger partial charge < -0.3 is 14.2 Å². The van der Waals surface area contributed by atoms with Gasteiger partial charge in [-0.05, 0) is 116 Å². The molecule has 0 heterocycles. The highest BCUT2D eigenvalue weighted by Gasteiger charge is 2.19. The fourth-order valence-corrected chi connectivity index (χ4v) is 10.1. The van der Waals surface area contributed by atoms with Crippen LogP contribution in [-0.2, 0) is 28.6 Å². The van der Waals surface area contributed by atoms with E-state index in [1.807, 2.05) is 0 Å². The summed E-state index contributed by atoms with van der Waals surface area (Å²) >= 11 is 0. The smallest absolute Gasteiger partial charge is 0.306 e. The second-order valence-electron chi connectivity index (χ2n) is 23.4. The molecule has 0 rings (SSSR count). The third-order valence-electron chi connectivity index (χ3n) is 15.4. The molecule has 6 nitrogen and oxygen atoms in total. The number of carbonyl (C=O) groups excluding carboxylic acids is 3. The van der Waals surface area contributed by atoms with Crippen molar-refractivity contribution in [2.24, 2.45) is 0 Å². The number of carbonyl (C=O) groups is 3. The van der Waals surface area contributed by atoms with Crippen LogP contribution in [-0.4, -0.2) is 37.2 Å². The van der Waals surface area contributed by atoms with Crippen LogP contribution in [0.5, 0.6) is 0 Å². The summed E-state index contributed by atoms with van der Waals surface area (Å²) in [5.41, 5.74) is 0. The summed E-state index contributed by atoms with van der Waals surface area (Å²) in [7, 11) is 0. The highest BCUT2D eigenvalue weighted by Crippen LogP contribution is 2.17. The summed E-state index contributed by atoms with van der Waals surface area (Å²) in [6.45, 7) is 6.52. The lowest BCUT2D eigenvalue weighted by Crippen LogP contribution is -2.30. The summed E-state index contributed by atoms with van der Waals surface area (Å²) in [6.07, 6.45) is 91.9. The molecule has 0 radical (unpaired) electrons. The first-order valence-corrected chi connectivity index (χ1v) is 35.1. The number of unbranched alkanes of at least 4 members (excludes halogenated alkanes) is 39. The van der Waals surface area contributed by atoms with E-state index in [-0.39, 0.29) is 31.1 Å². The SMILES string of the molecule is CC/C=C\C/C=C\C/C=C\C/C=C\CCCCCCCCCCCCCCCCCCCCCCC(=O)OCC(COC(=O)CCCCCCC/C=C\CCCCCCC)OC(=O)CCCCCCC/C=C\C/C=C\CCCCCC. The fourth-order valence-electron chi connectivity index (χ4n) is 10.1. The van der Waals surface area contributed by atoms with Crippen LogP contribution in [0.15, 0.2) is 85.1 Å². The molecule has 0 saturated heterocycles. The van der Waals surface area contributed by atoms with E-state index >= 15 is 0 Å². The zero-order chi connectivity index (χ0) is 58.5. The molecule has 6 heteroatoms. The van der Waals surface area contributed by atoms with E-state index in [1.165, 1.54) is 199 Å². The molecular weight excluding hydrogens is 997 g/mol. The van der Waals surface area contributed by atoms with E-state index in [4.69, 9.17) is 14.2 Å². The van der Waals surface area contributed by atoms with Gasteiger partial charge in [0.1, 0.15) is 13.2 Å². The Morgan fingerprint density at radius 1 is 0.259 bits per heavy atom. The fraction of sp³-hybridized carbons (Fsp3) is 0.773. The predicted molar refractivity (Wildman–Crippen MR) is 353 cm³/mol. The molecule has 468 valence electrons. The molecular formula is C75H132O6. The van der Waals surface area contributed by atoms with Gasteiger partial charge in [-0.15, -0.1) is 0 Å². The Bertz CT molecular complexity index is 1530. The Kier molecular flexibility index (Phi) is 66.2. The van der Waals surface area contributed by atoms with Gasteiger partial charge in [-0.2, -0.15) is 0 Å². The highest BCUT2D eigenvalue weighted by molar-refractivity contribution is 5.71. The van der Waals surface area contributed by atoms with Crippen molar-refractivity contribution in [3.05, 3.63) is 85.1 Å². The van der Waals surface area contributed by atoms with E-state index < -0.39 is 6.10 Å². The van der Waals surface area contributed by atoms with Crippen LogP contribution in [0.2, 0.25) is 0 Å². The van der Waals surface area contributed by atoms with Crippen molar-refractivity contribution in [3.63, 3.8) is 0 Å². The molecule has 1 atom stereocenters. The van der Waals surface area contributed by atoms with Crippen LogP contribution < -0.4 is 0 Å². The summed E-state index contributed by atoms with van der Waals surface area (Å²) in [5.74, 6) is -0.885. The average Bonchev–Trinajstić information content (AvgIpc) is 3.47. The lowest BCUT2D eigenvalue weighted by molar-refractivity contribution is -0.167. The highest BCUT2D eigenvalue weighted by atomic mass is 16.6. The maximum atomic E-state index is 12.9. The topological polar surface area (TPSA) is 78.9 Å². The van der Waals surface area contributed by atoms with Crippen molar-refractivity contribution >= 4 is 17.9 Å². The van der Waals surface area contributed by atoms with Crippen LogP contribution >= 0.6 is 0 Å². The molecule has 0 aromatic rings. The van der Waals surface area contributed by atoms with E-state index in [9.17, 15) is 14.4 Å². The van der Waals surface area contributed by atoms with Gasteiger partial charge in [0, 0.05) is 19.3 Å². The molecule has 0 aromatic carbocycles. The van der Waals surface area contributed by atoms with Gasteiger partial charge in [0.2, 0.25) is 0 Å². The molecule has 0 N–H and O–H groups in total. The van der Waals surface area contributed by atoms with Crippen LogP contribution in [0, 0.1) is 0 Å². The van der Waals surface area contributed by atoms with Gasteiger partial charge in [-0.3, -0.25) is 14.4 Å². The minimum absolute atomic E-state index is 0.0806. The van der Waals surface area contributed by atoms with Crippen molar-refractivity contribution in [2.45, 2.75) is 361 Å². The van der Waals surface area contributed by atoms with Gasteiger partial charge in [-0.25, -0.2) is 0 Å². The number of hydrogen-bond donors (Lipinski definition) is 0. The molecule has 1 unspecified atom stereocenters. The van der Waals surface area contributed by atoms with Crippen molar-refractivity contribution in [1.29, 1.82) is 0 Å². The first-order valence-electron chi connectivity index (χ1n) is 35.1. The minimum atomic E-state index is -0.786. The molecule has 81 heavy (non-hydrogen) atoms. The average molecular weight is 1130 g/mol. The van der Waals surface area contributed by atoms with E-state index in [0.29, 0.717) is 19.3 Å². The van der Waals surface area contributed by atoms with Gasteiger partial charge in [0.15, 0.2) is 6.10 Å². The minimum Gasteiger partial charge on any atom is -0.462 e. The van der Waals surface area contributed by atoms with Crippen LogP contribution in [0.3, 0.4) is 0 Å². The monoisotopic (exact) mass is 1130 g/mol. The van der Waals surface area contributed by atoms with E-state index in [1.54, 1.807) is 0 Å². The van der Waals surface area contributed by atoms with Crippen molar-refractivity contribution in [3.8, 4) is 0 Å². The predicted octanol–water partition coefficient (Wildman–Crippen LogP) is 24.2. The zero-order valence-corrected chi connectivity index (χ0v) is 53.8. The van der Waals surface area contributed by atoms with Crippen LogP contribution in [0.1, 0.15) is 355 Å². The van der Waals surface area contributed by atoms with Gasteiger partial charge in [0.25, 0.3) is 0 Å². The molecule has 0 aliphatic heterocycles. The molecule has 0 spiro atoms. The van der Waals surface area contributed by atoms with Crippen molar-refractivity contribution in [1.82, 2.24) is 0 Å². The number of rotatable bonds is 64. The normalized spacial score (nSPS) is 12.6. The molecule has 0 aromatic heterocycles. The first kappa shape index (κ1) is 77.6. The summed E-state index contributed by atoms with van der Waals surface area (Å²) in [4.78, 5) is 38.4. The summed E-state index contributed by atoms with van der Waals surface area (Å²) in [5, 5.41) is 0. The Balaban J connectivity index is 4.16. The van der Waals surface area contributed by atoms with Gasteiger partial charge in [0.05, 0.1) is 0 Å². The molecule has 0 saturated carbocycles. The van der Waals surface area contributed by atoms with Crippen molar-refractivity contribution < 1.29 is 28.6 Å². The Labute approximate surface area is 503 Å². The van der Waals surface area contributed by atoms with E-state index in [2.05, 4.69) is 106 Å². The second kappa shape index (κ2) is 69.1. The molecule has 0 amide bonds. The largest absolute Gasteiger partial charge is 0.462 e. The number of allylic oxidation sites excluding steroid dienone is 14. The summed E-state index contributed by atoms with van der Waals surface area (Å²) in [6, 6.07) is 0. The maximum Gasteiger partial charge on any atom is 0.306 e.